The van der Waals surface area contributed by atoms with Crippen LogP contribution in [0.1, 0.15) is 24.2 Å². The van der Waals surface area contributed by atoms with E-state index in [1.807, 2.05) is 41.8 Å². The van der Waals surface area contributed by atoms with E-state index in [0.717, 1.165) is 18.4 Å². The maximum atomic E-state index is 12.9. The third-order valence-electron chi connectivity index (χ3n) is 4.58. The van der Waals surface area contributed by atoms with Gasteiger partial charge in [-0.25, -0.2) is 4.98 Å². The maximum absolute atomic E-state index is 12.9. The molecule has 0 atom stereocenters. The van der Waals surface area contributed by atoms with E-state index < -0.39 is 5.41 Å². The van der Waals surface area contributed by atoms with Crippen LogP contribution in [0.4, 0.5) is 0 Å². The van der Waals surface area contributed by atoms with Gasteiger partial charge in [0.25, 0.3) is 5.56 Å². The minimum atomic E-state index is -0.400. The van der Waals surface area contributed by atoms with Crippen molar-refractivity contribution in [2.45, 2.75) is 24.8 Å². The Morgan fingerprint density at radius 1 is 1.29 bits per heavy atom. The minimum Gasteiger partial charge on any atom is -0.338 e. The van der Waals surface area contributed by atoms with Crippen LogP contribution in [0, 0.1) is 0 Å². The smallest absolute Gasteiger partial charge is 0.268 e. The van der Waals surface area contributed by atoms with Gasteiger partial charge in [0.1, 0.15) is 10.5 Å². The van der Waals surface area contributed by atoms with Crippen molar-refractivity contribution in [1.29, 1.82) is 0 Å². The van der Waals surface area contributed by atoms with E-state index in [1.54, 1.807) is 11.9 Å². The van der Waals surface area contributed by atoms with Gasteiger partial charge in [0.05, 0.1) is 17.5 Å². The number of carbonyl (C=O) groups is 1. The number of nitrogens with zero attached hydrogens (tertiary/aromatic N) is 2. The highest BCUT2D eigenvalue weighted by Crippen LogP contribution is 2.49. The molecular weight excluding hydrogens is 322 g/mol. The van der Waals surface area contributed by atoms with E-state index in [2.05, 4.69) is 9.97 Å². The normalized spacial score (nSPS) is 15.4. The molecule has 0 saturated heterocycles. The summed E-state index contributed by atoms with van der Waals surface area (Å²) in [5.41, 5.74) is 1.21. The second kappa shape index (κ2) is 5.56. The van der Waals surface area contributed by atoms with Crippen molar-refractivity contribution in [1.82, 2.24) is 14.9 Å². The highest BCUT2D eigenvalue weighted by Gasteiger charge is 2.52. The lowest BCUT2D eigenvalue weighted by Gasteiger charge is -2.23. The first-order chi connectivity index (χ1) is 11.6. The molecule has 5 nitrogen and oxygen atoms in total. The van der Waals surface area contributed by atoms with E-state index in [1.165, 1.54) is 11.3 Å². The van der Waals surface area contributed by atoms with E-state index in [4.69, 9.17) is 0 Å². The number of benzene rings is 1. The monoisotopic (exact) mass is 339 g/mol. The number of rotatable bonds is 4. The molecule has 1 saturated carbocycles. The first-order valence-electron chi connectivity index (χ1n) is 7.88. The first kappa shape index (κ1) is 15.1. The molecule has 1 aromatic carbocycles. The number of nitrogens with one attached hydrogen (secondary N) is 1. The summed E-state index contributed by atoms with van der Waals surface area (Å²) in [6.07, 6.45) is 1.74. The minimum absolute atomic E-state index is 0.0850. The van der Waals surface area contributed by atoms with E-state index in [9.17, 15) is 9.59 Å². The SMILES string of the molecule is CN(Cc1nc2ccsc2c(=O)[nH]1)C(=O)C1(c2ccccc2)CC1. The van der Waals surface area contributed by atoms with Crippen molar-refractivity contribution < 1.29 is 4.79 Å². The van der Waals surface area contributed by atoms with Crippen LogP contribution in [0.15, 0.2) is 46.6 Å². The van der Waals surface area contributed by atoms with Crippen LogP contribution in [0.2, 0.25) is 0 Å². The Hall–Kier alpha value is -2.47. The van der Waals surface area contributed by atoms with Crippen LogP contribution >= 0.6 is 11.3 Å². The summed E-state index contributed by atoms with van der Waals surface area (Å²) < 4.78 is 0.621. The van der Waals surface area contributed by atoms with Gasteiger partial charge in [-0.3, -0.25) is 9.59 Å². The van der Waals surface area contributed by atoms with Gasteiger partial charge in [-0.15, -0.1) is 11.3 Å². The number of aromatic nitrogens is 2. The molecule has 0 aliphatic heterocycles. The Labute approximate surface area is 143 Å². The summed E-state index contributed by atoms with van der Waals surface area (Å²) in [6.45, 7) is 0.300. The zero-order valence-electron chi connectivity index (χ0n) is 13.3. The van der Waals surface area contributed by atoms with Crippen LogP contribution in [0.3, 0.4) is 0 Å². The Bertz CT molecular complexity index is 957. The van der Waals surface area contributed by atoms with Crippen LogP contribution < -0.4 is 5.56 Å². The second-order valence-electron chi connectivity index (χ2n) is 6.26. The molecule has 4 rings (SSSR count). The Kier molecular flexibility index (Phi) is 3.49. The molecule has 2 heterocycles. The molecule has 1 amide bonds. The number of aromatic amines is 1. The summed E-state index contributed by atoms with van der Waals surface area (Å²) in [5.74, 6) is 0.604. The molecule has 2 aromatic heterocycles. The summed E-state index contributed by atoms with van der Waals surface area (Å²) in [4.78, 5) is 33.9. The van der Waals surface area contributed by atoms with Gasteiger partial charge in [0.2, 0.25) is 5.91 Å². The van der Waals surface area contributed by atoms with Gasteiger partial charge in [0.15, 0.2) is 0 Å². The van der Waals surface area contributed by atoms with E-state index >= 15 is 0 Å². The highest BCUT2D eigenvalue weighted by molar-refractivity contribution is 7.17. The Morgan fingerprint density at radius 2 is 2.04 bits per heavy atom. The molecule has 3 aromatic rings. The molecule has 1 aliphatic rings. The van der Waals surface area contributed by atoms with E-state index in [-0.39, 0.29) is 11.5 Å². The molecule has 24 heavy (non-hydrogen) atoms. The van der Waals surface area contributed by atoms with Crippen LogP contribution in [0.25, 0.3) is 10.2 Å². The van der Waals surface area contributed by atoms with Crippen molar-refractivity contribution in [2.24, 2.45) is 0 Å². The number of hydrogen-bond donors (Lipinski definition) is 1. The summed E-state index contributed by atoms with van der Waals surface area (Å²) in [5, 5.41) is 1.85. The third-order valence-corrected chi connectivity index (χ3v) is 5.49. The average Bonchev–Trinajstić information content (AvgIpc) is 3.26. The quantitative estimate of drug-likeness (QED) is 0.795. The zero-order valence-corrected chi connectivity index (χ0v) is 14.1. The van der Waals surface area contributed by atoms with Crippen LogP contribution in [-0.4, -0.2) is 27.8 Å². The largest absolute Gasteiger partial charge is 0.338 e. The highest BCUT2D eigenvalue weighted by atomic mass is 32.1. The maximum Gasteiger partial charge on any atom is 0.268 e. The molecule has 0 bridgehead atoms. The van der Waals surface area contributed by atoms with Gasteiger partial charge in [-0.2, -0.15) is 0 Å². The van der Waals surface area contributed by atoms with Gasteiger partial charge in [-0.05, 0) is 29.9 Å². The topological polar surface area (TPSA) is 66.1 Å². The average molecular weight is 339 g/mol. The predicted octanol–water partition coefficient (Wildman–Crippen LogP) is 2.67. The van der Waals surface area contributed by atoms with Crippen molar-refractivity contribution in [3.8, 4) is 0 Å². The number of amides is 1. The lowest BCUT2D eigenvalue weighted by atomic mass is 9.94. The van der Waals surface area contributed by atoms with Crippen LogP contribution in [-0.2, 0) is 16.8 Å². The molecule has 0 unspecified atom stereocenters. The number of thiophene rings is 1. The Balaban J connectivity index is 1.58. The molecule has 0 radical (unpaired) electrons. The number of likely N-dealkylation sites (N-methyl/N-ethyl adjacent to an activating group) is 1. The molecule has 6 heteroatoms. The van der Waals surface area contributed by atoms with Crippen molar-refractivity contribution in [2.75, 3.05) is 7.05 Å². The molecule has 1 aliphatic carbocycles. The van der Waals surface area contributed by atoms with Crippen LogP contribution in [0.5, 0.6) is 0 Å². The first-order valence-corrected chi connectivity index (χ1v) is 8.76. The lowest BCUT2D eigenvalue weighted by molar-refractivity contribution is -0.133. The standard InChI is InChI=1S/C18H17N3O2S/c1-21(11-14-19-13-7-10-24-15(13)16(22)20-14)17(23)18(8-9-18)12-5-3-2-4-6-12/h2-7,10H,8-9,11H2,1H3,(H,19,20,22). The molecule has 1 N–H and O–H groups in total. The van der Waals surface area contributed by atoms with Crippen molar-refractivity contribution >= 4 is 27.5 Å². The molecule has 0 spiro atoms. The number of carbonyl (C=O) groups excluding carboxylic acids is 1. The fourth-order valence-electron chi connectivity index (χ4n) is 3.17. The third kappa shape index (κ3) is 2.43. The number of fused-ring (bicyclic) bond motifs is 1. The predicted molar refractivity (Wildman–Crippen MR) is 94.1 cm³/mol. The van der Waals surface area contributed by atoms with E-state index in [0.29, 0.717) is 22.6 Å². The molecule has 122 valence electrons. The second-order valence-corrected chi connectivity index (χ2v) is 7.17. The fourth-order valence-corrected chi connectivity index (χ4v) is 3.89. The van der Waals surface area contributed by atoms with Crippen molar-refractivity contribution in [3.63, 3.8) is 0 Å². The fraction of sp³-hybridized carbons (Fsp3) is 0.278. The van der Waals surface area contributed by atoms with Gasteiger partial charge in [0, 0.05) is 7.05 Å². The Morgan fingerprint density at radius 3 is 2.75 bits per heavy atom. The lowest BCUT2D eigenvalue weighted by Crippen LogP contribution is -2.36. The molecule has 1 fully saturated rings. The molecular formula is C18H17N3O2S. The summed E-state index contributed by atoms with van der Waals surface area (Å²) in [6, 6.07) is 11.7. The van der Waals surface area contributed by atoms with Gasteiger partial charge < -0.3 is 9.88 Å². The number of H-pyrrole nitrogens is 1. The van der Waals surface area contributed by atoms with Crippen molar-refractivity contribution in [3.05, 3.63) is 63.5 Å². The zero-order chi connectivity index (χ0) is 16.7. The van der Waals surface area contributed by atoms with Gasteiger partial charge in [-0.1, -0.05) is 30.3 Å². The summed E-state index contributed by atoms with van der Waals surface area (Å²) in [7, 11) is 1.77. The van der Waals surface area contributed by atoms with Gasteiger partial charge >= 0.3 is 0 Å². The summed E-state index contributed by atoms with van der Waals surface area (Å²) >= 11 is 1.37. The number of hydrogen-bond acceptors (Lipinski definition) is 4.